The Morgan fingerprint density at radius 2 is 1.79 bits per heavy atom. The van der Waals surface area contributed by atoms with Gasteiger partial charge in [0.15, 0.2) is 0 Å². The molecular formula is C25H21ClN2O5. The highest BCUT2D eigenvalue weighted by Gasteiger charge is 2.46. The number of hydrogen-bond donors (Lipinski definition) is 1. The van der Waals surface area contributed by atoms with Gasteiger partial charge in [0.25, 0.3) is 11.7 Å². The van der Waals surface area contributed by atoms with E-state index in [1.54, 1.807) is 30.6 Å². The van der Waals surface area contributed by atoms with Crippen LogP contribution in [-0.4, -0.2) is 40.9 Å². The molecule has 168 valence electrons. The lowest BCUT2D eigenvalue weighted by molar-refractivity contribution is -0.140. The summed E-state index contributed by atoms with van der Waals surface area (Å²) in [7, 11) is 2.88. The first kappa shape index (κ1) is 22.4. The zero-order valence-corrected chi connectivity index (χ0v) is 18.7. The molecule has 2 aromatic carbocycles. The lowest BCUT2D eigenvalue weighted by atomic mass is 9.95. The number of halogens is 1. The van der Waals surface area contributed by atoms with E-state index in [9.17, 15) is 14.7 Å². The highest BCUT2D eigenvalue weighted by Crippen LogP contribution is 2.43. The van der Waals surface area contributed by atoms with Gasteiger partial charge in [0.2, 0.25) is 0 Å². The molecule has 4 rings (SSSR count). The summed E-state index contributed by atoms with van der Waals surface area (Å²) in [5.41, 5.74) is 1.57. The molecule has 1 saturated heterocycles. The Morgan fingerprint density at radius 1 is 1.06 bits per heavy atom. The van der Waals surface area contributed by atoms with Gasteiger partial charge in [-0.25, -0.2) is 0 Å². The van der Waals surface area contributed by atoms with Crippen LogP contribution >= 0.6 is 11.6 Å². The van der Waals surface area contributed by atoms with E-state index < -0.39 is 17.7 Å². The van der Waals surface area contributed by atoms with Gasteiger partial charge in [-0.2, -0.15) is 0 Å². The first-order chi connectivity index (χ1) is 16.0. The number of hydrogen-bond acceptors (Lipinski definition) is 6. The summed E-state index contributed by atoms with van der Waals surface area (Å²) < 4.78 is 10.6. The highest BCUT2D eigenvalue weighted by atomic mass is 35.5. The molecule has 1 aliphatic heterocycles. The number of nitrogens with zero attached hydrogens (tertiary/aromatic N) is 2. The molecule has 3 aromatic rings. The van der Waals surface area contributed by atoms with Crippen molar-refractivity contribution in [1.82, 2.24) is 9.88 Å². The number of Topliss-reactive ketones (excluding diaryl/α,β-unsaturated/α-hetero) is 1. The third-order valence-electron chi connectivity index (χ3n) is 5.46. The van der Waals surface area contributed by atoms with Gasteiger partial charge < -0.3 is 19.5 Å². The van der Waals surface area contributed by atoms with E-state index in [1.165, 1.54) is 31.3 Å². The van der Waals surface area contributed by atoms with Crippen molar-refractivity contribution in [3.05, 3.63) is 94.3 Å². The third kappa shape index (κ3) is 4.15. The standard InChI is InChI=1S/C25H21ClN2O5/c1-32-19-12-20(33-2)18(26)11-17(19)23(29)21-22(16-8-4-3-5-9-16)28(25(31)24(21)30)14-15-7-6-10-27-13-15/h3-13,22,29H,14H2,1-2H3/b23-21+. The monoisotopic (exact) mass is 464 g/mol. The molecule has 1 aliphatic rings. The summed E-state index contributed by atoms with van der Waals surface area (Å²) in [6.07, 6.45) is 3.26. The SMILES string of the molecule is COc1cc(OC)c(/C(O)=C2\C(=O)C(=O)N(Cc3cccnc3)C2c2ccccc2)cc1Cl. The van der Waals surface area contributed by atoms with Crippen LogP contribution in [0, 0.1) is 0 Å². The van der Waals surface area contributed by atoms with Crippen LogP contribution in [0.25, 0.3) is 5.76 Å². The number of benzene rings is 2. The number of likely N-dealkylation sites (tertiary alicyclic amines) is 1. The van der Waals surface area contributed by atoms with Crippen LogP contribution in [0.1, 0.15) is 22.7 Å². The predicted molar refractivity (Wildman–Crippen MR) is 123 cm³/mol. The van der Waals surface area contributed by atoms with Gasteiger partial charge in [0.1, 0.15) is 17.3 Å². The fourth-order valence-corrected chi connectivity index (χ4v) is 4.14. The van der Waals surface area contributed by atoms with Gasteiger partial charge in [0.05, 0.1) is 36.4 Å². The Kier molecular flexibility index (Phi) is 6.33. The Balaban J connectivity index is 1.90. The van der Waals surface area contributed by atoms with Crippen molar-refractivity contribution in [3.8, 4) is 11.5 Å². The molecule has 0 bridgehead atoms. The lowest BCUT2D eigenvalue weighted by Gasteiger charge is -2.25. The van der Waals surface area contributed by atoms with Gasteiger partial charge in [0, 0.05) is 25.0 Å². The van der Waals surface area contributed by atoms with Gasteiger partial charge in [-0.3, -0.25) is 14.6 Å². The largest absolute Gasteiger partial charge is 0.507 e. The normalized spacial score (nSPS) is 17.3. The maximum absolute atomic E-state index is 13.2. The number of aliphatic hydroxyl groups is 1. The summed E-state index contributed by atoms with van der Waals surface area (Å²) in [6, 6.07) is 14.8. The van der Waals surface area contributed by atoms with Crippen LogP contribution in [0.4, 0.5) is 0 Å². The van der Waals surface area contributed by atoms with Crippen molar-refractivity contribution < 1.29 is 24.2 Å². The lowest BCUT2D eigenvalue weighted by Crippen LogP contribution is -2.29. The first-order valence-electron chi connectivity index (χ1n) is 10.1. The zero-order chi connectivity index (χ0) is 23.5. The fourth-order valence-electron chi connectivity index (χ4n) is 3.90. The second-order valence-corrected chi connectivity index (χ2v) is 7.79. The molecule has 0 aliphatic carbocycles. The number of rotatable bonds is 6. The van der Waals surface area contributed by atoms with Gasteiger partial charge >= 0.3 is 0 Å². The number of methoxy groups -OCH3 is 2. The molecule has 0 radical (unpaired) electrons. The summed E-state index contributed by atoms with van der Waals surface area (Å²) in [6.45, 7) is 0.148. The molecule has 1 fully saturated rings. The first-order valence-corrected chi connectivity index (χ1v) is 10.5. The molecule has 1 unspecified atom stereocenters. The van der Waals surface area contributed by atoms with Crippen LogP contribution in [0.3, 0.4) is 0 Å². The molecule has 33 heavy (non-hydrogen) atoms. The van der Waals surface area contributed by atoms with E-state index in [1.807, 2.05) is 24.3 Å². The molecule has 8 heteroatoms. The number of pyridine rings is 1. The average molecular weight is 465 g/mol. The Labute approximate surface area is 195 Å². The molecule has 7 nitrogen and oxygen atoms in total. The predicted octanol–water partition coefficient (Wildman–Crippen LogP) is 4.37. The van der Waals surface area contributed by atoms with Gasteiger partial charge in [-0.05, 0) is 23.3 Å². The number of aliphatic hydroxyl groups excluding tert-OH is 1. The number of amides is 1. The third-order valence-corrected chi connectivity index (χ3v) is 5.76. The minimum atomic E-state index is -0.808. The Morgan fingerprint density at radius 3 is 2.42 bits per heavy atom. The minimum Gasteiger partial charge on any atom is -0.507 e. The van der Waals surface area contributed by atoms with Crippen molar-refractivity contribution in [2.24, 2.45) is 0 Å². The van der Waals surface area contributed by atoms with Crippen LogP contribution in [0.5, 0.6) is 11.5 Å². The van der Waals surface area contributed by atoms with E-state index >= 15 is 0 Å². The molecule has 1 aromatic heterocycles. The van der Waals surface area contributed by atoms with Crippen molar-refractivity contribution in [2.45, 2.75) is 12.6 Å². The van der Waals surface area contributed by atoms with Crippen LogP contribution in [-0.2, 0) is 16.1 Å². The quantitative estimate of drug-likeness (QED) is 0.331. The number of carbonyl (C=O) groups is 2. The number of carbonyl (C=O) groups excluding carboxylic acids is 2. The van der Waals surface area contributed by atoms with Crippen molar-refractivity contribution >= 4 is 29.1 Å². The molecule has 1 N–H and O–H groups in total. The molecular weight excluding hydrogens is 444 g/mol. The molecule has 1 atom stereocenters. The summed E-state index contributed by atoms with van der Waals surface area (Å²) >= 11 is 6.28. The van der Waals surface area contributed by atoms with Crippen LogP contribution < -0.4 is 9.47 Å². The van der Waals surface area contributed by atoms with E-state index in [0.717, 1.165) is 5.56 Å². The van der Waals surface area contributed by atoms with Crippen LogP contribution in [0.2, 0.25) is 5.02 Å². The summed E-state index contributed by atoms with van der Waals surface area (Å²) in [4.78, 5) is 31.8. The fraction of sp³-hybridized carbons (Fsp3) is 0.160. The van der Waals surface area contributed by atoms with Crippen molar-refractivity contribution in [2.75, 3.05) is 14.2 Å². The van der Waals surface area contributed by atoms with E-state index in [0.29, 0.717) is 11.3 Å². The smallest absolute Gasteiger partial charge is 0.295 e. The van der Waals surface area contributed by atoms with E-state index in [-0.39, 0.29) is 34.2 Å². The van der Waals surface area contributed by atoms with Crippen molar-refractivity contribution in [3.63, 3.8) is 0 Å². The number of aromatic nitrogens is 1. The van der Waals surface area contributed by atoms with Gasteiger partial charge in [-0.1, -0.05) is 48.0 Å². The highest BCUT2D eigenvalue weighted by molar-refractivity contribution is 6.46. The van der Waals surface area contributed by atoms with E-state index in [2.05, 4.69) is 4.98 Å². The second-order valence-electron chi connectivity index (χ2n) is 7.39. The zero-order valence-electron chi connectivity index (χ0n) is 18.0. The maximum Gasteiger partial charge on any atom is 0.295 e. The average Bonchev–Trinajstić information content (AvgIpc) is 3.09. The molecule has 1 amide bonds. The Bertz CT molecular complexity index is 1230. The Hall–Kier alpha value is -3.84. The topological polar surface area (TPSA) is 89.0 Å². The molecule has 0 saturated carbocycles. The second kappa shape index (κ2) is 9.34. The minimum absolute atomic E-state index is 0.0466. The van der Waals surface area contributed by atoms with Gasteiger partial charge in [-0.15, -0.1) is 0 Å². The van der Waals surface area contributed by atoms with Crippen LogP contribution in [0.15, 0.2) is 72.6 Å². The van der Waals surface area contributed by atoms with Crippen molar-refractivity contribution in [1.29, 1.82) is 0 Å². The summed E-state index contributed by atoms with van der Waals surface area (Å²) in [5, 5.41) is 11.5. The number of ketones is 1. The van der Waals surface area contributed by atoms with E-state index in [4.69, 9.17) is 21.1 Å². The molecule has 2 heterocycles. The summed E-state index contributed by atoms with van der Waals surface area (Å²) in [5.74, 6) is -1.29. The molecule has 0 spiro atoms. The number of ether oxygens (including phenoxy) is 2. The maximum atomic E-state index is 13.2.